The van der Waals surface area contributed by atoms with Gasteiger partial charge in [-0.1, -0.05) is 19.0 Å². The number of aryl methyl sites for hydroxylation is 1. The van der Waals surface area contributed by atoms with Crippen LogP contribution >= 0.6 is 0 Å². The predicted octanol–water partition coefficient (Wildman–Crippen LogP) is 1.55. The normalized spacial score (nSPS) is 13.5. The Morgan fingerprint density at radius 1 is 1.36 bits per heavy atom. The number of rotatable bonds is 5. The molecule has 1 heterocycles. The fourth-order valence-corrected chi connectivity index (χ4v) is 1.17. The fourth-order valence-electron chi connectivity index (χ4n) is 1.17. The lowest BCUT2D eigenvalue weighted by molar-refractivity contribution is 0.365. The van der Waals surface area contributed by atoms with Crippen LogP contribution in [-0.2, 0) is 12.8 Å². The van der Waals surface area contributed by atoms with Gasteiger partial charge in [-0.25, -0.2) is 0 Å². The highest BCUT2D eigenvalue weighted by Gasteiger charge is 2.08. The van der Waals surface area contributed by atoms with Gasteiger partial charge in [0.2, 0.25) is 5.89 Å². The molecule has 0 amide bonds. The van der Waals surface area contributed by atoms with Gasteiger partial charge in [-0.05, 0) is 19.3 Å². The Balaban J connectivity index is 2.42. The molecule has 80 valence electrons. The van der Waals surface area contributed by atoms with Crippen molar-refractivity contribution < 1.29 is 4.52 Å². The molecule has 1 aromatic heterocycles. The van der Waals surface area contributed by atoms with E-state index in [1.807, 2.05) is 6.92 Å². The summed E-state index contributed by atoms with van der Waals surface area (Å²) in [5, 5.41) is 3.90. The third-order valence-corrected chi connectivity index (χ3v) is 1.95. The Kier molecular flexibility index (Phi) is 4.07. The monoisotopic (exact) mass is 197 g/mol. The molecule has 1 unspecified atom stereocenters. The Morgan fingerprint density at radius 3 is 2.64 bits per heavy atom. The van der Waals surface area contributed by atoms with E-state index < -0.39 is 0 Å². The molecule has 4 heteroatoms. The molecule has 0 fully saturated rings. The maximum atomic E-state index is 5.63. The summed E-state index contributed by atoms with van der Waals surface area (Å²) in [6.07, 6.45) is 2.64. The molecular formula is C10H19N3O. The topological polar surface area (TPSA) is 64.9 Å². The lowest BCUT2D eigenvalue weighted by atomic mass is 10.1. The van der Waals surface area contributed by atoms with Crippen LogP contribution in [-0.4, -0.2) is 16.2 Å². The Bertz CT molecular complexity index is 268. The zero-order valence-electron chi connectivity index (χ0n) is 9.16. The minimum Gasteiger partial charge on any atom is -0.339 e. The van der Waals surface area contributed by atoms with E-state index >= 15 is 0 Å². The van der Waals surface area contributed by atoms with Crippen LogP contribution in [0.15, 0.2) is 4.52 Å². The molecule has 1 rings (SSSR count). The van der Waals surface area contributed by atoms with Crippen LogP contribution < -0.4 is 5.73 Å². The first kappa shape index (κ1) is 11.2. The van der Waals surface area contributed by atoms with Crippen LogP contribution in [0.4, 0.5) is 0 Å². The molecule has 1 atom stereocenters. The molecule has 0 aliphatic rings. The predicted molar refractivity (Wildman–Crippen MR) is 54.8 cm³/mol. The van der Waals surface area contributed by atoms with E-state index in [1.54, 1.807) is 0 Å². The van der Waals surface area contributed by atoms with Crippen molar-refractivity contribution in [3.63, 3.8) is 0 Å². The summed E-state index contributed by atoms with van der Waals surface area (Å²) in [4.78, 5) is 4.26. The SMILES string of the molecule is CC(C)CCc1noc(CC(C)N)n1. The van der Waals surface area contributed by atoms with Crippen LogP contribution in [0.2, 0.25) is 0 Å². The van der Waals surface area contributed by atoms with Crippen molar-refractivity contribution in [3.05, 3.63) is 11.7 Å². The van der Waals surface area contributed by atoms with Gasteiger partial charge in [-0.2, -0.15) is 4.98 Å². The molecule has 0 bridgehead atoms. The number of hydrogen-bond donors (Lipinski definition) is 1. The second-order valence-corrected chi connectivity index (χ2v) is 4.22. The highest BCUT2D eigenvalue weighted by atomic mass is 16.5. The first-order valence-corrected chi connectivity index (χ1v) is 5.15. The Hall–Kier alpha value is -0.900. The second-order valence-electron chi connectivity index (χ2n) is 4.22. The number of nitrogens with zero attached hydrogens (tertiary/aromatic N) is 2. The largest absolute Gasteiger partial charge is 0.339 e. The standard InChI is InChI=1S/C10H19N3O/c1-7(2)4-5-9-12-10(14-13-9)6-8(3)11/h7-8H,4-6,11H2,1-3H3. The van der Waals surface area contributed by atoms with Crippen LogP contribution in [0.5, 0.6) is 0 Å². The van der Waals surface area contributed by atoms with Gasteiger partial charge in [0.25, 0.3) is 0 Å². The van der Waals surface area contributed by atoms with Crippen molar-refractivity contribution in [3.8, 4) is 0 Å². The van der Waals surface area contributed by atoms with Crippen molar-refractivity contribution in [1.29, 1.82) is 0 Å². The van der Waals surface area contributed by atoms with Gasteiger partial charge in [0, 0.05) is 18.9 Å². The highest BCUT2D eigenvalue weighted by molar-refractivity contribution is 4.88. The lowest BCUT2D eigenvalue weighted by Crippen LogP contribution is -2.17. The van der Waals surface area contributed by atoms with Crippen LogP contribution in [0, 0.1) is 5.92 Å². The van der Waals surface area contributed by atoms with Gasteiger partial charge in [-0.15, -0.1) is 0 Å². The summed E-state index contributed by atoms with van der Waals surface area (Å²) in [5.74, 6) is 2.12. The van der Waals surface area contributed by atoms with E-state index in [1.165, 1.54) is 0 Å². The molecule has 0 saturated carbocycles. The first-order valence-electron chi connectivity index (χ1n) is 5.15. The summed E-state index contributed by atoms with van der Waals surface area (Å²) in [6, 6.07) is 0.0772. The molecule has 0 saturated heterocycles. The Morgan fingerprint density at radius 2 is 2.07 bits per heavy atom. The minimum absolute atomic E-state index is 0.0772. The lowest BCUT2D eigenvalue weighted by Gasteiger charge is -1.99. The minimum atomic E-state index is 0.0772. The van der Waals surface area contributed by atoms with E-state index in [2.05, 4.69) is 24.0 Å². The average molecular weight is 197 g/mol. The van der Waals surface area contributed by atoms with E-state index in [4.69, 9.17) is 10.3 Å². The van der Waals surface area contributed by atoms with Crippen LogP contribution in [0.3, 0.4) is 0 Å². The van der Waals surface area contributed by atoms with Gasteiger partial charge in [0.05, 0.1) is 0 Å². The first-order chi connectivity index (χ1) is 6.58. The molecule has 0 aliphatic carbocycles. The average Bonchev–Trinajstić information content (AvgIpc) is 2.47. The zero-order chi connectivity index (χ0) is 10.6. The van der Waals surface area contributed by atoms with E-state index in [-0.39, 0.29) is 6.04 Å². The summed E-state index contributed by atoms with van der Waals surface area (Å²) in [7, 11) is 0. The summed E-state index contributed by atoms with van der Waals surface area (Å²) < 4.78 is 5.07. The Labute approximate surface area is 84.9 Å². The number of nitrogens with two attached hydrogens (primary N) is 1. The molecule has 14 heavy (non-hydrogen) atoms. The van der Waals surface area contributed by atoms with Crippen molar-refractivity contribution in [2.24, 2.45) is 11.7 Å². The van der Waals surface area contributed by atoms with E-state index in [9.17, 15) is 0 Å². The van der Waals surface area contributed by atoms with Crippen molar-refractivity contribution in [2.45, 2.75) is 46.1 Å². The molecule has 0 aliphatic heterocycles. The molecule has 2 N–H and O–H groups in total. The van der Waals surface area contributed by atoms with Gasteiger partial charge < -0.3 is 10.3 Å². The van der Waals surface area contributed by atoms with Crippen LogP contribution in [0.25, 0.3) is 0 Å². The quantitative estimate of drug-likeness (QED) is 0.777. The van der Waals surface area contributed by atoms with Gasteiger partial charge >= 0.3 is 0 Å². The molecular weight excluding hydrogens is 178 g/mol. The van der Waals surface area contributed by atoms with E-state index in [0.717, 1.165) is 18.7 Å². The molecule has 4 nitrogen and oxygen atoms in total. The second kappa shape index (κ2) is 5.10. The van der Waals surface area contributed by atoms with Gasteiger partial charge in [0.1, 0.15) is 0 Å². The van der Waals surface area contributed by atoms with Crippen molar-refractivity contribution in [2.75, 3.05) is 0 Å². The molecule has 1 aromatic rings. The van der Waals surface area contributed by atoms with Gasteiger partial charge in [-0.3, -0.25) is 0 Å². The highest BCUT2D eigenvalue weighted by Crippen LogP contribution is 2.07. The third-order valence-electron chi connectivity index (χ3n) is 1.95. The van der Waals surface area contributed by atoms with Gasteiger partial charge in [0.15, 0.2) is 5.82 Å². The fraction of sp³-hybridized carbons (Fsp3) is 0.800. The van der Waals surface area contributed by atoms with Crippen molar-refractivity contribution >= 4 is 0 Å². The molecule has 0 aromatic carbocycles. The third kappa shape index (κ3) is 3.87. The molecule has 0 spiro atoms. The molecule has 0 radical (unpaired) electrons. The summed E-state index contributed by atoms with van der Waals surface area (Å²) in [5.41, 5.74) is 5.63. The van der Waals surface area contributed by atoms with Crippen molar-refractivity contribution in [1.82, 2.24) is 10.1 Å². The smallest absolute Gasteiger partial charge is 0.228 e. The number of aromatic nitrogens is 2. The zero-order valence-corrected chi connectivity index (χ0v) is 9.16. The summed E-state index contributed by atoms with van der Waals surface area (Å²) in [6.45, 7) is 6.30. The summed E-state index contributed by atoms with van der Waals surface area (Å²) >= 11 is 0. The maximum absolute atomic E-state index is 5.63. The van der Waals surface area contributed by atoms with Crippen LogP contribution in [0.1, 0.15) is 38.9 Å². The maximum Gasteiger partial charge on any atom is 0.228 e. The number of hydrogen-bond acceptors (Lipinski definition) is 4. The van der Waals surface area contributed by atoms with E-state index in [0.29, 0.717) is 18.2 Å².